The van der Waals surface area contributed by atoms with Gasteiger partial charge in [0.15, 0.2) is 0 Å². The van der Waals surface area contributed by atoms with Gasteiger partial charge in [0, 0.05) is 32.0 Å². The largest absolute Gasteiger partial charge is 0.345 e. The zero-order valence-corrected chi connectivity index (χ0v) is 10.6. The number of hydrogen-bond acceptors (Lipinski definition) is 3. The molecule has 4 nitrogen and oxygen atoms in total. The molecule has 1 aromatic heterocycles. The van der Waals surface area contributed by atoms with Crippen LogP contribution in [0.1, 0.15) is 37.0 Å². The van der Waals surface area contributed by atoms with Gasteiger partial charge in [0.25, 0.3) is 0 Å². The summed E-state index contributed by atoms with van der Waals surface area (Å²) < 4.78 is 0. The molecule has 0 aromatic carbocycles. The molecule has 94 valence electrons. The second kappa shape index (κ2) is 4.78. The SMILES string of the molecule is CCN1CCCC1Cc1nc2c([nH]1)CNCC2. The van der Waals surface area contributed by atoms with Crippen LogP contribution in [0.2, 0.25) is 0 Å². The zero-order chi connectivity index (χ0) is 11.7. The van der Waals surface area contributed by atoms with Crippen molar-refractivity contribution < 1.29 is 0 Å². The van der Waals surface area contributed by atoms with Crippen molar-refractivity contribution in [2.75, 3.05) is 19.6 Å². The van der Waals surface area contributed by atoms with Crippen molar-refractivity contribution in [2.45, 2.75) is 45.2 Å². The molecule has 0 saturated carbocycles. The summed E-state index contributed by atoms with van der Waals surface area (Å²) in [4.78, 5) is 10.8. The van der Waals surface area contributed by atoms with E-state index in [-0.39, 0.29) is 0 Å². The van der Waals surface area contributed by atoms with E-state index in [9.17, 15) is 0 Å². The van der Waals surface area contributed by atoms with Crippen LogP contribution in [0.3, 0.4) is 0 Å². The van der Waals surface area contributed by atoms with E-state index < -0.39 is 0 Å². The van der Waals surface area contributed by atoms with Crippen molar-refractivity contribution in [3.63, 3.8) is 0 Å². The van der Waals surface area contributed by atoms with Gasteiger partial charge in [0.05, 0.1) is 11.4 Å². The van der Waals surface area contributed by atoms with Crippen LogP contribution in [0, 0.1) is 0 Å². The molecule has 0 spiro atoms. The third kappa shape index (κ3) is 2.24. The minimum absolute atomic E-state index is 0.709. The number of nitrogens with one attached hydrogen (secondary N) is 2. The highest BCUT2D eigenvalue weighted by molar-refractivity contribution is 5.18. The van der Waals surface area contributed by atoms with Gasteiger partial charge in [-0.05, 0) is 25.9 Å². The molecule has 3 rings (SSSR count). The van der Waals surface area contributed by atoms with Gasteiger partial charge in [-0.1, -0.05) is 6.92 Å². The van der Waals surface area contributed by atoms with Crippen molar-refractivity contribution in [3.8, 4) is 0 Å². The normalized spacial score (nSPS) is 25.1. The Morgan fingerprint density at radius 3 is 3.24 bits per heavy atom. The Bertz CT molecular complexity index is 361. The lowest BCUT2D eigenvalue weighted by Gasteiger charge is -2.21. The van der Waals surface area contributed by atoms with E-state index in [1.54, 1.807) is 0 Å². The predicted octanol–water partition coefficient (Wildman–Crippen LogP) is 1.08. The number of likely N-dealkylation sites (N-methyl/N-ethyl adjacent to an activating group) is 1. The smallest absolute Gasteiger partial charge is 0.108 e. The molecule has 0 radical (unpaired) electrons. The fourth-order valence-electron chi connectivity index (χ4n) is 3.14. The van der Waals surface area contributed by atoms with E-state index in [1.807, 2.05) is 0 Å². The van der Waals surface area contributed by atoms with Gasteiger partial charge in [0.1, 0.15) is 5.82 Å². The average Bonchev–Trinajstić information content (AvgIpc) is 2.94. The second-order valence-corrected chi connectivity index (χ2v) is 5.16. The molecule has 2 N–H and O–H groups in total. The third-order valence-electron chi connectivity index (χ3n) is 4.09. The zero-order valence-electron chi connectivity index (χ0n) is 10.6. The van der Waals surface area contributed by atoms with Crippen LogP contribution in [-0.2, 0) is 19.4 Å². The monoisotopic (exact) mass is 234 g/mol. The van der Waals surface area contributed by atoms with Crippen molar-refractivity contribution in [1.29, 1.82) is 0 Å². The Morgan fingerprint density at radius 2 is 2.41 bits per heavy atom. The summed E-state index contributed by atoms with van der Waals surface area (Å²) in [5.41, 5.74) is 2.60. The quantitative estimate of drug-likeness (QED) is 0.822. The van der Waals surface area contributed by atoms with Gasteiger partial charge in [-0.3, -0.25) is 0 Å². The molecule has 3 heterocycles. The first-order chi connectivity index (χ1) is 8.36. The van der Waals surface area contributed by atoms with Crippen LogP contribution in [0.15, 0.2) is 0 Å². The number of rotatable bonds is 3. The van der Waals surface area contributed by atoms with Crippen LogP contribution >= 0.6 is 0 Å². The minimum atomic E-state index is 0.709. The molecule has 4 heteroatoms. The minimum Gasteiger partial charge on any atom is -0.345 e. The van der Waals surface area contributed by atoms with Crippen LogP contribution in [-0.4, -0.2) is 40.5 Å². The van der Waals surface area contributed by atoms with Crippen molar-refractivity contribution in [2.24, 2.45) is 0 Å². The summed E-state index contributed by atoms with van der Waals surface area (Å²) in [6, 6.07) is 0.709. The molecular weight excluding hydrogens is 212 g/mol. The number of fused-ring (bicyclic) bond motifs is 1. The number of H-pyrrole nitrogens is 1. The van der Waals surface area contributed by atoms with E-state index in [0.29, 0.717) is 6.04 Å². The number of aromatic amines is 1. The summed E-state index contributed by atoms with van der Waals surface area (Å²) in [6.07, 6.45) is 4.85. The van der Waals surface area contributed by atoms with Crippen LogP contribution in [0.5, 0.6) is 0 Å². The highest BCUT2D eigenvalue weighted by atomic mass is 15.2. The first-order valence-corrected chi connectivity index (χ1v) is 6.88. The topological polar surface area (TPSA) is 44.0 Å². The number of imidazole rings is 1. The van der Waals surface area contributed by atoms with Gasteiger partial charge < -0.3 is 15.2 Å². The lowest BCUT2D eigenvalue weighted by Crippen LogP contribution is -2.31. The molecule has 1 saturated heterocycles. The Labute approximate surface area is 103 Å². The van der Waals surface area contributed by atoms with E-state index in [1.165, 1.54) is 43.1 Å². The summed E-state index contributed by atoms with van der Waals surface area (Å²) in [6.45, 7) is 6.73. The first kappa shape index (κ1) is 11.2. The molecule has 0 bridgehead atoms. The maximum absolute atomic E-state index is 4.76. The molecule has 2 aliphatic rings. The third-order valence-corrected chi connectivity index (χ3v) is 4.09. The number of aromatic nitrogens is 2. The highest BCUT2D eigenvalue weighted by Crippen LogP contribution is 2.21. The number of hydrogen-bond donors (Lipinski definition) is 2. The standard InChI is InChI=1S/C13H22N4/c1-2-17-7-3-4-10(17)8-13-15-11-5-6-14-9-12(11)16-13/h10,14H,2-9H2,1H3,(H,15,16). The van der Waals surface area contributed by atoms with Gasteiger partial charge in [-0.2, -0.15) is 0 Å². The lowest BCUT2D eigenvalue weighted by atomic mass is 10.1. The lowest BCUT2D eigenvalue weighted by molar-refractivity contribution is 0.263. The Morgan fingerprint density at radius 1 is 1.47 bits per heavy atom. The summed E-state index contributed by atoms with van der Waals surface area (Å²) in [5.74, 6) is 1.20. The highest BCUT2D eigenvalue weighted by Gasteiger charge is 2.25. The molecular formula is C13H22N4. The van der Waals surface area contributed by atoms with Crippen molar-refractivity contribution in [3.05, 3.63) is 17.2 Å². The molecule has 0 aliphatic carbocycles. The van der Waals surface area contributed by atoms with E-state index in [4.69, 9.17) is 4.98 Å². The maximum atomic E-state index is 4.76. The van der Waals surface area contributed by atoms with Crippen molar-refractivity contribution >= 4 is 0 Å². The molecule has 0 amide bonds. The van der Waals surface area contributed by atoms with E-state index >= 15 is 0 Å². The fourth-order valence-corrected chi connectivity index (χ4v) is 3.14. The van der Waals surface area contributed by atoms with Crippen LogP contribution in [0.25, 0.3) is 0 Å². The molecule has 1 aromatic rings. The molecule has 2 aliphatic heterocycles. The Balaban J connectivity index is 1.70. The summed E-state index contributed by atoms with van der Waals surface area (Å²) in [5, 5.41) is 3.39. The van der Waals surface area contributed by atoms with Gasteiger partial charge in [-0.25, -0.2) is 4.98 Å². The first-order valence-electron chi connectivity index (χ1n) is 6.88. The van der Waals surface area contributed by atoms with E-state index in [0.717, 1.165) is 25.9 Å². The van der Waals surface area contributed by atoms with E-state index in [2.05, 4.69) is 22.1 Å². The van der Waals surface area contributed by atoms with Gasteiger partial charge in [-0.15, -0.1) is 0 Å². The fraction of sp³-hybridized carbons (Fsp3) is 0.769. The molecule has 1 fully saturated rings. The Hall–Kier alpha value is -0.870. The van der Waals surface area contributed by atoms with Crippen LogP contribution in [0.4, 0.5) is 0 Å². The average molecular weight is 234 g/mol. The molecule has 17 heavy (non-hydrogen) atoms. The Kier molecular flexibility index (Phi) is 3.16. The maximum Gasteiger partial charge on any atom is 0.108 e. The van der Waals surface area contributed by atoms with Gasteiger partial charge in [0.2, 0.25) is 0 Å². The predicted molar refractivity (Wildman–Crippen MR) is 68.0 cm³/mol. The molecule has 1 atom stereocenters. The summed E-state index contributed by atoms with van der Waals surface area (Å²) >= 11 is 0. The number of nitrogens with zero attached hydrogens (tertiary/aromatic N) is 2. The second-order valence-electron chi connectivity index (χ2n) is 5.16. The van der Waals surface area contributed by atoms with Crippen LogP contribution < -0.4 is 5.32 Å². The van der Waals surface area contributed by atoms with Gasteiger partial charge >= 0.3 is 0 Å². The summed E-state index contributed by atoms with van der Waals surface area (Å²) in [7, 11) is 0. The molecule has 1 unspecified atom stereocenters. The van der Waals surface area contributed by atoms with Crippen molar-refractivity contribution in [1.82, 2.24) is 20.2 Å². The number of likely N-dealkylation sites (tertiary alicyclic amines) is 1.